The van der Waals surface area contributed by atoms with Crippen LogP contribution in [0.2, 0.25) is 0 Å². The number of hydrogen-bond donors (Lipinski definition) is 2. The maximum Gasteiger partial charge on any atom is 0.221 e. The summed E-state index contributed by atoms with van der Waals surface area (Å²) in [6.45, 7) is 4.43. The minimum atomic E-state index is 0.0573. The zero-order valence-corrected chi connectivity index (χ0v) is 12.1. The predicted molar refractivity (Wildman–Crippen MR) is 79.5 cm³/mol. The lowest BCUT2D eigenvalue weighted by Crippen LogP contribution is -2.32. The van der Waals surface area contributed by atoms with Crippen LogP contribution in [0.25, 0.3) is 0 Å². The van der Waals surface area contributed by atoms with E-state index >= 15 is 0 Å². The molecule has 1 aliphatic rings. The van der Waals surface area contributed by atoms with E-state index in [2.05, 4.69) is 10.6 Å². The molecule has 2 N–H and O–H groups in total. The molecule has 1 aromatic rings. The average molecular weight is 276 g/mol. The van der Waals surface area contributed by atoms with Crippen molar-refractivity contribution in [3.8, 4) is 0 Å². The first-order chi connectivity index (χ1) is 9.75. The molecule has 2 atom stereocenters. The molecule has 0 bridgehead atoms. The van der Waals surface area contributed by atoms with Gasteiger partial charge in [-0.05, 0) is 25.3 Å². The number of hydrogen-bond acceptors (Lipinski definition) is 3. The lowest BCUT2D eigenvalue weighted by Gasteiger charge is -2.15. The molecule has 1 aliphatic heterocycles. The molecule has 0 radical (unpaired) electrons. The van der Waals surface area contributed by atoms with Gasteiger partial charge >= 0.3 is 0 Å². The van der Waals surface area contributed by atoms with Gasteiger partial charge in [0, 0.05) is 26.1 Å². The van der Waals surface area contributed by atoms with Crippen molar-refractivity contribution in [3.63, 3.8) is 0 Å². The molecular weight excluding hydrogens is 252 g/mol. The SMILES string of the molecule is CC(NC(=O)CCNCC1CCCO1)c1ccccc1. The fourth-order valence-electron chi connectivity index (χ4n) is 2.41. The summed E-state index contributed by atoms with van der Waals surface area (Å²) in [6.07, 6.45) is 3.12. The van der Waals surface area contributed by atoms with Gasteiger partial charge in [0.15, 0.2) is 0 Å². The Morgan fingerprint density at radius 3 is 2.90 bits per heavy atom. The summed E-state index contributed by atoms with van der Waals surface area (Å²) in [6, 6.07) is 10.1. The molecule has 1 fully saturated rings. The largest absolute Gasteiger partial charge is 0.377 e. The summed E-state index contributed by atoms with van der Waals surface area (Å²) in [5, 5.41) is 6.30. The third kappa shape index (κ3) is 4.94. The molecule has 0 saturated carbocycles. The summed E-state index contributed by atoms with van der Waals surface area (Å²) in [5.41, 5.74) is 1.13. The van der Waals surface area contributed by atoms with E-state index < -0.39 is 0 Å². The first-order valence-electron chi connectivity index (χ1n) is 7.42. The number of ether oxygens (including phenoxy) is 1. The molecule has 0 aromatic heterocycles. The predicted octanol–water partition coefficient (Wildman–Crippen LogP) is 2.02. The summed E-state index contributed by atoms with van der Waals surface area (Å²) in [4.78, 5) is 11.8. The van der Waals surface area contributed by atoms with Gasteiger partial charge in [-0.2, -0.15) is 0 Å². The van der Waals surface area contributed by atoms with Crippen molar-refractivity contribution in [2.75, 3.05) is 19.7 Å². The Hall–Kier alpha value is -1.39. The van der Waals surface area contributed by atoms with Gasteiger partial charge in [-0.1, -0.05) is 30.3 Å². The molecular formula is C16H24N2O2. The number of rotatable bonds is 7. The van der Waals surface area contributed by atoms with Crippen LogP contribution in [-0.2, 0) is 9.53 Å². The van der Waals surface area contributed by atoms with E-state index in [0.29, 0.717) is 19.1 Å². The zero-order valence-electron chi connectivity index (χ0n) is 12.1. The Bertz CT molecular complexity index is 402. The third-order valence-corrected chi connectivity index (χ3v) is 3.60. The summed E-state index contributed by atoms with van der Waals surface area (Å²) in [7, 11) is 0. The van der Waals surface area contributed by atoms with Crippen molar-refractivity contribution in [1.82, 2.24) is 10.6 Å². The number of carbonyl (C=O) groups excluding carboxylic acids is 1. The summed E-state index contributed by atoms with van der Waals surface area (Å²) in [5.74, 6) is 0.0844. The molecule has 1 heterocycles. The van der Waals surface area contributed by atoms with Crippen molar-refractivity contribution in [3.05, 3.63) is 35.9 Å². The van der Waals surface area contributed by atoms with E-state index in [0.717, 1.165) is 31.6 Å². The number of benzene rings is 1. The van der Waals surface area contributed by atoms with Crippen LogP contribution < -0.4 is 10.6 Å². The molecule has 1 saturated heterocycles. The minimum Gasteiger partial charge on any atom is -0.377 e. The molecule has 20 heavy (non-hydrogen) atoms. The first kappa shape index (κ1) is 15.0. The minimum absolute atomic E-state index is 0.0573. The van der Waals surface area contributed by atoms with Crippen LogP contribution in [0.1, 0.15) is 37.8 Å². The third-order valence-electron chi connectivity index (χ3n) is 3.60. The Morgan fingerprint density at radius 2 is 2.20 bits per heavy atom. The van der Waals surface area contributed by atoms with Crippen molar-refractivity contribution < 1.29 is 9.53 Å². The molecule has 4 nitrogen and oxygen atoms in total. The smallest absolute Gasteiger partial charge is 0.221 e. The first-order valence-corrected chi connectivity index (χ1v) is 7.42. The van der Waals surface area contributed by atoms with Crippen LogP contribution in [0.3, 0.4) is 0 Å². The van der Waals surface area contributed by atoms with Gasteiger partial charge in [0.25, 0.3) is 0 Å². The van der Waals surface area contributed by atoms with Crippen molar-refractivity contribution >= 4 is 5.91 Å². The molecule has 1 aromatic carbocycles. The Balaban J connectivity index is 1.60. The number of carbonyl (C=O) groups is 1. The van der Waals surface area contributed by atoms with Crippen molar-refractivity contribution in [2.24, 2.45) is 0 Å². The number of nitrogens with one attached hydrogen (secondary N) is 2. The van der Waals surface area contributed by atoms with Gasteiger partial charge in [-0.25, -0.2) is 0 Å². The quantitative estimate of drug-likeness (QED) is 0.749. The van der Waals surface area contributed by atoms with E-state index in [-0.39, 0.29) is 11.9 Å². The van der Waals surface area contributed by atoms with Crippen LogP contribution >= 0.6 is 0 Å². The van der Waals surface area contributed by atoms with Gasteiger partial charge < -0.3 is 15.4 Å². The topological polar surface area (TPSA) is 50.4 Å². The fraction of sp³-hybridized carbons (Fsp3) is 0.562. The van der Waals surface area contributed by atoms with E-state index in [9.17, 15) is 4.79 Å². The maximum absolute atomic E-state index is 11.8. The van der Waals surface area contributed by atoms with E-state index in [4.69, 9.17) is 4.74 Å². The molecule has 2 rings (SSSR count). The summed E-state index contributed by atoms with van der Waals surface area (Å²) < 4.78 is 5.52. The normalized spacial score (nSPS) is 19.8. The van der Waals surface area contributed by atoms with Crippen LogP contribution in [0.15, 0.2) is 30.3 Å². The van der Waals surface area contributed by atoms with E-state index in [1.807, 2.05) is 37.3 Å². The van der Waals surface area contributed by atoms with E-state index in [1.54, 1.807) is 0 Å². The van der Waals surface area contributed by atoms with Gasteiger partial charge in [0.1, 0.15) is 0 Å². The highest BCUT2D eigenvalue weighted by Gasteiger charge is 2.14. The Kier molecular flexibility index (Phi) is 6.02. The number of amides is 1. The van der Waals surface area contributed by atoms with Crippen LogP contribution in [-0.4, -0.2) is 31.7 Å². The van der Waals surface area contributed by atoms with Gasteiger partial charge in [0.2, 0.25) is 5.91 Å². The van der Waals surface area contributed by atoms with Crippen LogP contribution in [0.4, 0.5) is 0 Å². The van der Waals surface area contributed by atoms with Crippen molar-refractivity contribution in [1.29, 1.82) is 0 Å². The lowest BCUT2D eigenvalue weighted by atomic mass is 10.1. The Labute approximate surface area is 120 Å². The van der Waals surface area contributed by atoms with E-state index in [1.165, 1.54) is 0 Å². The molecule has 0 aliphatic carbocycles. The highest BCUT2D eigenvalue weighted by molar-refractivity contribution is 5.76. The highest BCUT2D eigenvalue weighted by Crippen LogP contribution is 2.11. The van der Waals surface area contributed by atoms with Crippen LogP contribution in [0.5, 0.6) is 0 Å². The van der Waals surface area contributed by atoms with Gasteiger partial charge in [-0.3, -0.25) is 4.79 Å². The summed E-state index contributed by atoms with van der Waals surface area (Å²) >= 11 is 0. The average Bonchev–Trinajstić information content (AvgIpc) is 2.98. The molecule has 2 unspecified atom stereocenters. The molecule has 0 spiro atoms. The standard InChI is InChI=1S/C16H24N2O2/c1-13(14-6-3-2-4-7-14)18-16(19)9-10-17-12-15-8-5-11-20-15/h2-4,6-7,13,15,17H,5,8-12H2,1H3,(H,18,19). The lowest BCUT2D eigenvalue weighted by molar-refractivity contribution is -0.121. The highest BCUT2D eigenvalue weighted by atomic mass is 16.5. The second-order valence-electron chi connectivity index (χ2n) is 5.29. The van der Waals surface area contributed by atoms with Gasteiger partial charge in [-0.15, -0.1) is 0 Å². The Morgan fingerprint density at radius 1 is 1.40 bits per heavy atom. The second-order valence-corrected chi connectivity index (χ2v) is 5.29. The van der Waals surface area contributed by atoms with Crippen LogP contribution in [0, 0.1) is 0 Å². The van der Waals surface area contributed by atoms with Crippen molar-refractivity contribution in [2.45, 2.75) is 38.3 Å². The molecule has 1 amide bonds. The molecule has 4 heteroatoms. The van der Waals surface area contributed by atoms with Gasteiger partial charge in [0.05, 0.1) is 12.1 Å². The maximum atomic E-state index is 11.8. The molecule has 110 valence electrons. The second kappa shape index (κ2) is 8.02. The zero-order chi connectivity index (χ0) is 14.2. The monoisotopic (exact) mass is 276 g/mol. The fourth-order valence-corrected chi connectivity index (χ4v) is 2.41.